The fourth-order valence-corrected chi connectivity index (χ4v) is 3.06. The SMILES string of the molecule is COc1cc(C=O)ccc1OCC(=O)Nc1ccc(Br)c2ccccc12. The van der Waals surface area contributed by atoms with Crippen molar-refractivity contribution < 1.29 is 19.1 Å². The summed E-state index contributed by atoms with van der Waals surface area (Å²) in [4.78, 5) is 23.1. The van der Waals surface area contributed by atoms with Crippen LogP contribution in [0.2, 0.25) is 0 Å². The van der Waals surface area contributed by atoms with E-state index in [0.29, 0.717) is 22.7 Å². The topological polar surface area (TPSA) is 64.6 Å². The van der Waals surface area contributed by atoms with Crippen molar-refractivity contribution in [3.63, 3.8) is 0 Å². The minimum Gasteiger partial charge on any atom is -0.493 e. The van der Waals surface area contributed by atoms with E-state index in [2.05, 4.69) is 21.2 Å². The monoisotopic (exact) mass is 413 g/mol. The molecule has 0 saturated heterocycles. The third-order valence-electron chi connectivity index (χ3n) is 3.83. The highest BCUT2D eigenvalue weighted by Gasteiger charge is 2.11. The molecule has 1 N–H and O–H groups in total. The lowest BCUT2D eigenvalue weighted by molar-refractivity contribution is -0.118. The minimum absolute atomic E-state index is 0.179. The van der Waals surface area contributed by atoms with Crippen molar-refractivity contribution in [1.82, 2.24) is 0 Å². The predicted octanol–water partition coefficient (Wildman–Crippen LogP) is 4.44. The molecule has 3 aromatic carbocycles. The van der Waals surface area contributed by atoms with E-state index in [9.17, 15) is 9.59 Å². The molecule has 0 bridgehead atoms. The normalized spacial score (nSPS) is 10.4. The predicted molar refractivity (Wildman–Crippen MR) is 104 cm³/mol. The summed E-state index contributed by atoms with van der Waals surface area (Å²) < 4.78 is 11.7. The lowest BCUT2D eigenvalue weighted by Gasteiger charge is -2.12. The van der Waals surface area contributed by atoms with Crippen LogP contribution in [0.1, 0.15) is 10.4 Å². The molecule has 0 atom stereocenters. The van der Waals surface area contributed by atoms with Crippen molar-refractivity contribution in [3.05, 3.63) is 64.6 Å². The first-order chi connectivity index (χ1) is 12.6. The highest BCUT2D eigenvalue weighted by atomic mass is 79.9. The number of nitrogens with one attached hydrogen (secondary N) is 1. The molecule has 0 aliphatic carbocycles. The summed E-state index contributed by atoms with van der Waals surface area (Å²) in [5.41, 5.74) is 1.18. The molecule has 0 saturated carbocycles. The van der Waals surface area contributed by atoms with Crippen LogP contribution in [0.4, 0.5) is 5.69 Å². The van der Waals surface area contributed by atoms with Gasteiger partial charge in [0.05, 0.1) is 7.11 Å². The molecule has 0 aromatic heterocycles. The van der Waals surface area contributed by atoms with E-state index >= 15 is 0 Å². The molecule has 0 aliphatic heterocycles. The summed E-state index contributed by atoms with van der Waals surface area (Å²) in [5.74, 6) is 0.504. The molecule has 0 unspecified atom stereocenters. The van der Waals surface area contributed by atoms with Gasteiger partial charge in [0, 0.05) is 21.1 Å². The van der Waals surface area contributed by atoms with Crippen LogP contribution >= 0.6 is 15.9 Å². The molecule has 26 heavy (non-hydrogen) atoms. The van der Waals surface area contributed by atoms with Gasteiger partial charge in [-0.25, -0.2) is 0 Å². The smallest absolute Gasteiger partial charge is 0.262 e. The Hall–Kier alpha value is -2.86. The van der Waals surface area contributed by atoms with Crippen molar-refractivity contribution in [3.8, 4) is 11.5 Å². The van der Waals surface area contributed by atoms with Gasteiger partial charge in [-0.3, -0.25) is 9.59 Å². The van der Waals surface area contributed by atoms with Gasteiger partial charge in [-0.2, -0.15) is 0 Å². The van der Waals surface area contributed by atoms with E-state index in [1.807, 2.05) is 36.4 Å². The van der Waals surface area contributed by atoms with Crippen LogP contribution in [-0.4, -0.2) is 25.9 Å². The average molecular weight is 414 g/mol. The molecule has 0 heterocycles. The van der Waals surface area contributed by atoms with Crippen molar-refractivity contribution in [1.29, 1.82) is 0 Å². The Bertz CT molecular complexity index is 971. The van der Waals surface area contributed by atoms with Gasteiger partial charge < -0.3 is 14.8 Å². The second-order valence-electron chi connectivity index (χ2n) is 5.51. The van der Waals surface area contributed by atoms with E-state index in [1.165, 1.54) is 7.11 Å². The Morgan fingerprint density at radius 3 is 2.58 bits per heavy atom. The fourth-order valence-electron chi connectivity index (χ4n) is 2.58. The lowest BCUT2D eigenvalue weighted by atomic mass is 10.1. The quantitative estimate of drug-likeness (QED) is 0.606. The summed E-state index contributed by atoms with van der Waals surface area (Å²) in [5, 5.41) is 4.81. The summed E-state index contributed by atoms with van der Waals surface area (Å²) >= 11 is 3.51. The highest BCUT2D eigenvalue weighted by molar-refractivity contribution is 9.10. The van der Waals surface area contributed by atoms with Crippen molar-refractivity contribution in [2.45, 2.75) is 0 Å². The minimum atomic E-state index is -0.293. The van der Waals surface area contributed by atoms with Gasteiger partial charge >= 0.3 is 0 Å². The largest absolute Gasteiger partial charge is 0.493 e. The molecular formula is C20H16BrNO4. The number of anilines is 1. The van der Waals surface area contributed by atoms with E-state index < -0.39 is 0 Å². The van der Waals surface area contributed by atoms with Crippen LogP contribution in [0.3, 0.4) is 0 Å². The van der Waals surface area contributed by atoms with Crippen LogP contribution in [0.5, 0.6) is 11.5 Å². The first-order valence-electron chi connectivity index (χ1n) is 7.85. The number of hydrogen-bond donors (Lipinski definition) is 1. The van der Waals surface area contributed by atoms with Crippen LogP contribution in [0.25, 0.3) is 10.8 Å². The number of benzene rings is 3. The first-order valence-corrected chi connectivity index (χ1v) is 8.65. The maximum Gasteiger partial charge on any atom is 0.262 e. The van der Waals surface area contributed by atoms with Crippen LogP contribution in [0, 0.1) is 0 Å². The molecule has 6 heteroatoms. The maximum absolute atomic E-state index is 12.3. The van der Waals surface area contributed by atoms with Gasteiger partial charge in [-0.15, -0.1) is 0 Å². The summed E-state index contributed by atoms with van der Waals surface area (Å²) in [6.07, 6.45) is 0.720. The number of amides is 1. The maximum atomic E-state index is 12.3. The molecule has 3 rings (SSSR count). The molecule has 3 aromatic rings. The molecule has 0 fully saturated rings. The second kappa shape index (κ2) is 8.01. The molecule has 0 aliphatic rings. The van der Waals surface area contributed by atoms with Gasteiger partial charge in [-0.1, -0.05) is 40.2 Å². The molecule has 1 amide bonds. The molecular weight excluding hydrogens is 398 g/mol. The highest BCUT2D eigenvalue weighted by Crippen LogP contribution is 2.30. The fraction of sp³-hybridized carbons (Fsp3) is 0.100. The summed E-state index contributed by atoms with van der Waals surface area (Å²) in [6.45, 7) is -0.179. The zero-order valence-electron chi connectivity index (χ0n) is 14.0. The summed E-state index contributed by atoms with van der Waals surface area (Å²) in [7, 11) is 1.48. The van der Waals surface area contributed by atoms with Crippen LogP contribution in [0.15, 0.2) is 59.1 Å². The van der Waals surface area contributed by atoms with Gasteiger partial charge in [0.2, 0.25) is 0 Å². The Morgan fingerprint density at radius 1 is 1.08 bits per heavy atom. The zero-order chi connectivity index (χ0) is 18.5. The Labute approximate surface area is 159 Å². The first kappa shape index (κ1) is 17.9. The second-order valence-corrected chi connectivity index (χ2v) is 6.36. The third kappa shape index (κ3) is 3.86. The van der Waals surface area contributed by atoms with Gasteiger partial charge in [-0.05, 0) is 35.7 Å². The Morgan fingerprint density at radius 2 is 1.85 bits per heavy atom. The number of carbonyl (C=O) groups is 2. The number of rotatable bonds is 6. The molecule has 0 radical (unpaired) electrons. The lowest BCUT2D eigenvalue weighted by Crippen LogP contribution is -2.20. The number of fused-ring (bicyclic) bond motifs is 1. The number of hydrogen-bond acceptors (Lipinski definition) is 4. The van der Waals surface area contributed by atoms with Crippen LogP contribution < -0.4 is 14.8 Å². The van der Waals surface area contributed by atoms with E-state index in [-0.39, 0.29) is 12.5 Å². The average Bonchev–Trinajstić information content (AvgIpc) is 2.68. The number of carbonyl (C=O) groups excluding carboxylic acids is 2. The molecule has 5 nitrogen and oxygen atoms in total. The van der Waals surface area contributed by atoms with Crippen molar-refractivity contribution >= 4 is 44.6 Å². The Kier molecular flexibility index (Phi) is 5.53. The Balaban J connectivity index is 1.73. The van der Waals surface area contributed by atoms with E-state index in [1.54, 1.807) is 18.2 Å². The van der Waals surface area contributed by atoms with Gasteiger partial charge in [0.15, 0.2) is 18.1 Å². The van der Waals surface area contributed by atoms with Crippen LogP contribution in [-0.2, 0) is 4.79 Å². The van der Waals surface area contributed by atoms with E-state index in [0.717, 1.165) is 21.5 Å². The van der Waals surface area contributed by atoms with Crippen molar-refractivity contribution in [2.75, 3.05) is 19.0 Å². The number of methoxy groups -OCH3 is 1. The molecule has 0 spiro atoms. The standard InChI is InChI=1S/C20H16BrNO4/c1-25-19-10-13(11-23)6-9-18(19)26-12-20(24)22-17-8-7-16(21)14-4-2-3-5-15(14)17/h2-11H,12H2,1H3,(H,22,24). The van der Waals surface area contributed by atoms with Crippen molar-refractivity contribution in [2.24, 2.45) is 0 Å². The molecule has 132 valence electrons. The third-order valence-corrected chi connectivity index (χ3v) is 4.52. The van der Waals surface area contributed by atoms with Gasteiger partial charge in [0.25, 0.3) is 5.91 Å². The van der Waals surface area contributed by atoms with Gasteiger partial charge in [0.1, 0.15) is 6.29 Å². The zero-order valence-corrected chi connectivity index (χ0v) is 15.6. The van der Waals surface area contributed by atoms with E-state index in [4.69, 9.17) is 9.47 Å². The number of ether oxygens (including phenoxy) is 2. The number of halogens is 1. The number of aldehydes is 1. The summed E-state index contributed by atoms with van der Waals surface area (Å²) in [6, 6.07) is 16.3.